The first-order valence-corrected chi connectivity index (χ1v) is 6.92. The molecule has 2 heterocycles. The second-order valence-corrected chi connectivity index (χ2v) is 5.61. The maximum atomic E-state index is 12.3. The lowest BCUT2D eigenvalue weighted by Gasteiger charge is -2.37. The van der Waals surface area contributed by atoms with Gasteiger partial charge < -0.3 is 14.5 Å². The summed E-state index contributed by atoms with van der Waals surface area (Å²) in [6, 6.07) is 0.240. The van der Waals surface area contributed by atoms with Gasteiger partial charge in [0.15, 0.2) is 0 Å². The number of aromatic nitrogens is 1. The van der Waals surface area contributed by atoms with Gasteiger partial charge in [0.05, 0.1) is 6.61 Å². The van der Waals surface area contributed by atoms with E-state index in [9.17, 15) is 4.79 Å². The summed E-state index contributed by atoms with van der Waals surface area (Å²) in [5.74, 6) is 0.0363. The molecule has 0 unspecified atom stereocenters. The van der Waals surface area contributed by atoms with E-state index >= 15 is 0 Å². The number of thiazole rings is 1. The van der Waals surface area contributed by atoms with Crippen LogP contribution in [0.2, 0.25) is 0 Å². The standard InChI is InChI=1S/C12H19N3O2S/c1-9-6-14(2)4-5-15(9)12(16)10-8-18-11(13-10)7-17-3/h8-9H,4-7H2,1-3H3/t9-/m0/s1. The molecule has 1 aliphatic heterocycles. The molecule has 0 aromatic carbocycles. The van der Waals surface area contributed by atoms with E-state index < -0.39 is 0 Å². The minimum atomic E-state index is 0.0363. The molecule has 1 saturated heterocycles. The topological polar surface area (TPSA) is 45.7 Å². The molecule has 1 fully saturated rings. The third kappa shape index (κ3) is 2.88. The number of carbonyl (C=O) groups is 1. The van der Waals surface area contributed by atoms with Crippen molar-refractivity contribution in [3.8, 4) is 0 Å². The lowest BCUT2D eigenvalue weighted by atomic mass is 10.2. The quantitative estimate of drug-likeness (QED) is 0.823. The molecule has 100 valence electrons. The third-order valence-corrected chi connectivity index (χ3v) is 3.95. The minimum Gasteiger partial charge on any atom is -0.378 e. The summed E-state index contributed by atoms with van der Waals surface area (Å²) in [7, 11) is 3.71. The second kappa shape index (κ2) is 5.77. The smallest absolute Gasteiger partial charge is 0.273 e. The lowest BCUT2D eigenvalue weighted by molar-refractivity contribution is 0.0528. The van der Waals surface area contributed by atoms with Crippen molar-refractivity contribution in [2.45, 2.75) is 19.6 Å². The highest BCUT2D eigenvalue weighted by molar-refractivity contribution is 7.09. The second-order valence-electron chi connectivity index (χ2n) is 4.67. The zero-order valence-corrected chi connectivity index (χ0v) is 11.9. The SMILES string of the molecule is COCc1nc(C(=O)N2CCN(C)C[C@@H]2C)cs1. The van der Waals surface area contributed by atoms with E-state index in [1.807, 2.05) is 10.3 Å². The van der Waals surface area contributed by atoms with Gasteiger partial charge in [0.2, 0.25) is 0 Å². The normalized spacial score (nSPS) is 21.3. The Bertz CT molecular complexity index is 421. The van der Waals surface area contributed by atoms with Crippen molar-refractivity contribution in [2.75, 3.05) is 33.8 Å². The Balaban J connectivity index is 2.05. The molecule has 2 rings (SSSR count). The number of carbonyl (C=O) groups excluding carboxylic acids is 1. The molecule has 0 N–H and O–H groups in total. The molecule has 1 aliphatic rings. The van der Waals surface area contributed by atoms with E-state index in [4.69, 9.17) is 4.74 Å². The molecule has 0 bridgehead atoms. The predicted molar refractivity (Wildman–Crippen MR) is 70.8 cm³/mol. The Kier molecular flexibility index (Phi) is 4.31. The molecular weight excluding hydrogens is 250 g/mol. The fourth-order valence-electron chi connectivity index (χ4n) is 2.19. The number of amides is 1. The molecule has 0 aliphatic carbocycles. The zero-order chi connectivity index (χ0) is 13.1. The van der Waals surface area contributed by atoms with Gasteiger partial charge in [-0.05, 0) is 14.0 Å². The summed E-state index contributed by atoms with van der Waals surface area (Å²) in [6.45, 7) is 5.16. The fourth-order valence-corrected chi connectivity index (χ4v) is 2.93. The van der Waals surface area contributed by atoms with Crippen molar-refractivity contribution in [3.63, 3.8) is 0 Å². The van der Waals surface area contributed by atoms with Gasteiger partial charge in [0.1, 0.15) is 10.7 Å². The highest BCUT2D eigenvalue weighted by Gasteiger charge is 2.27. The lowest BCUT2D eigenvalue weighted by Crippen LogP contribution is -2.52. The van der Waals surface area contributed by atoms with Crippen molar-refractivity contribution >= 4 is 17.2 Å². The average molecular weight is 269 g/mol. The summed E-state index contributed by atoms with van der Waals surface area (Å²) in [4.78, 5) is 20.8. The van der Waals surface area contributed by atoms with Crippen LogP contribution >= 0.6 is 11.3 Å². The number of methoxy groups -OCH3 is 1. The van der Waals surface area contributed by atoms with E-state index in [-0.39, 0.29) is 11.9 Å². The Morgan fingerprint density at radius 3 is 3.06 bits per heavy atom. The van der Waals surface area contributed by atoms with Crippen molar-refractivity contribution < 1.29 is 9.53 Å². The minimum absolute atomic E-state index is 0.0363. The van der Waals surface area contributed by atoms with Crippen LogP contribution in [0.5, 0.6) is 0 Å². The summed E-state index contributed by atoms with van der Waals surface area (Å²) in [6.07, 6.45) is 0. The van der Waals surface area contributed by atoms with Crippen molar-refractivity contribution in [1.29, 1.82) is 0 Å². The first-order valence-electron chi connectivity index (χ1n) is 6.04. The Labute approximate surface area is 111 Å². The van der Waals surface area contributed by atoms with Crippen molar-refractivity contribution in [3.05, 3.63) is 16.1 Å². The van der Waals surface area contributed by atoms with Crippen molar-refractivity contribution in [2.24, 2.45) is 0 Å². The summed E-state index contributed by atoms with van der Waals surface area (Å²) < 4.78 is 5.02. The molecule has 0 radical (unpaired) electrons. The first kappa shape index (κ1) is 13.5. The zero-order valence-electron chi connectivity index (χ0n) is 11.0. The maximum Gasteiger partial charge on any atom is 0.273 e. The highest BCUT2D eigenvalue weighted by Crippen LogP contribution is 2.16. The summed E-state index contributed by atoms with van der Waals surface area (Å²) >= 11 is 1.47. The van der Waals surface area contributed by atoms with Gasteiger partial charge >= 0.3 is 0 Å². The fraction of sp³-hybridized carbons (Fsp3) is 0.667. The monoisotopic (exact) mass is 269 g/mol. The molecule has 5 nitrogen and oxygen atoms in total. The van der Waals surface area contributed by atoms with Crippen LogP contribution in [0.1, 0.15) is 22.4 Å². The highest BCUT2D eigenvalue weighted by atomic mass is 32.1. The van der Waals surface area contributed by atoms with Gasteiger partial charge in [0.25, 0.3) is 5.91 Å². The van der Waals surface area contributed by atoms with E-state index in [1.165, 1.54) is 11.3 Å². The molecule has 0 saturated carbocycles. The predicted octanol–water partition coefficient (Wildman–Crippen LogP) is 1.07. The molecule has 18 heavy (non-hydrogen) atoms. The molecule has 6 heteroatoms. The van der Waals surface area contributed by atoms with Crippen LogP contribution in [-0.4, -0.2) is 60.5 Å². The molecule has 0 spiro atoms. The van der Waals surface area contributed by atoms with Crippen LogP contribution < -0.4 is 0 Å². The van der Waals surface area contributed by atoms with Gasteiger partial charge in [-0.1, -0.05) is 0 Å². The number of hydrogen-bond donors (Lipinski definition) is 0. The summed E-state index contributed by atoms with van der Waals surface area (Å²) in [5.41, 5.74) is 0.545. The van der Waals surface area contributed by atoms with Crippen LogP contribution in [0.15, 0.2) is 5.38 Å². The number of rotatable bonds is 3. The van der Waals surface area contributed by atoms with Gasteiger partial charge in [-0.25, -0.2) is 4.98 Å². The third-order valence-electron chi connectivity index (χ3n) is 3.13. The molecule has 1 amide bonds. The van der Waals surface area contributed by atoms with Crippen LogP contribution in [0, 0.1) is 0 Å². The number of likely N-dealkylation sites (N-methyl/N-ethyl adjacent to an activating group) is 1. The number of ether oxygens (including phenoxy) is 1. The van der Waals surface area contributed by atoms with Gasteiger partial charge in [-0.15, -0.1) is 11.3 Å². The average Bonchev–Trinajstić information content (AvgIpc) is 2.77. The number of piperazine rings is 1. The van der Waals surface area contributed by atoms with Crippen LogP contribution in [0.4, 0.5) is 0 Å². The first-order chi connectivity index (χ1) is 8.61. The van der Waals surface area contributed by atoms with E-state index in [0.29, 0.717) is 12.3 Å². The number of nitrogens with zero attached hydrogens (tertiary/aromatic N) is 3. The van der Waals surface area contributed by atoms with Crippen LogP contribution in [-0.2, 0) is 11.3 Å². The Morgan fingerprint density at radius 2 is 2.39 bits per heavy atom. The van der Waals surface area contributed by atoms with E-state index in [2.05, 4.69) is 23.9 Å². The maximum absolute atomic E-state index is 12.3. The molecule has 1 aromatic heterocycles. The Hall–Kier alpha value is -0.980. The van der Waals surface area contributed by atoms with Gasteiger partial charge in [-0.3, -0.25) is 4.79 Å². The van der Waals surface area contributed by atoms with Crippen LogP contribution in [0.25, 0.3) is 0 Å². The molecule has 1 aromatic rings. The van der Waals surface area contributed by atoms with Gasteiger partial charge in [-0.2, -0.15) is 0 Å². The van der Waals surface area contributed by atoms with E-state index in [1.54, 1.807) is 7.11 Å². The van der Waals surface area contributed by atoms with Crippen LogP contribution in [0.3, 0.4) is 0 Å². The molecular formula is C12H19N3O2S. The van der Waals surface area contributed by atoms with E-state index in [0.717, 1.165) is 24.6 Å². The van der Waals surface area contributed by atoms with Crippen molar-refractivity contribution in [1.82, 2.24) is 14.8 Å². The Morgan fingerprint density at radius 1 is 1.61 bits per heavy atom. The van der Waals surface area contributed by atoms with Gasteiger partial charge in [0, 0.05) is 38.2 Å². The largest absolute Gasteiger partial charge is 0.378 e. The molecule has 1 atom stereocenters. The summed E-state index contributed by atoms with van der Waals surface area (Å²) in [5, 5.41) is 2.67. The number of hydrogen-bond acceptors (Lipinski definition) is 5.